The van der Waals surface area contributed by atoms with Crippen molar-refractivity contribution in [1.82, 2.24) is 0 Å². The second-order valence-corrected chi connectivity index (χ2v) is 4.26. The SMILES string of the molecule is C[C@@H](N)c1csc(Br)c1. The smallest absolute Gasteiger partial charge is 0.0701 e. The predicted octanol–water partition coefficient (Wildman–Crippen LogP) is 2.53. The second-order valence-electron chi connectivity index (χ2n) is 1.97. The van der Waals surface area contributed by atoms with Gasteiger partial charge in [-0.05, 0) is 39.9 Å². The first kappa shape index (κ1) is 7.25. The minimum absolute atomic E-state index is 0.160. The van der Waals surface area contributed by atoms with E-state index in [1.54, 1.807) is 11.3 Å². The van der Waals surface area contributed by atoms with Crippen LogP contribution in [0, 0.1) is 0 Å². The van der Waals surface area contributed by atoms with Crippen LogP contribution < -0.4 is 5.73 Å². The van der Waals surface area contributed by atoms with Crippen molar-refractivity contribution < 1.29 is 0 Å². The lowest BCUT2D eigenvalue weighted by molar-refractivity contribution is 0.822. The van der Waals surface area contributed by atoms with Gasteiger partial charge in [0.1, 0.15) is 0 Å². The maximum atomic E-state index is 5.61. The van der Waals surface area contributed by atoms with Crippen molar-refractivity contribution in [2.75, 3.05) is 0 Å². The van der Waals surface area contributed by atoms with Gasteiger partial charge in [-0.2, -0.15) is 0 Å². The van der Waals surface area contributed by atoms with Crippen LogP contribution in [0.5, 0.6) is 0 Å². The van der Waals surface area contributed by atoms with Gasteiger partial charge < -0.3 is 5.73 Å². The summed E-state index contributed by atoms with van der Waals surface area (Å²) < 4.78 is 1.15. The van der Waals surface area contributed by atoms with Crippen LogP contribution in [-0.2, 0) is 0 Å². The molecule has 1 atom stereocenters. The highest BCUT2D eigenvalue weighted by molar-refractivity contribution is 9.11. The molecule has 0 bridgehead atoms. The molecule has 1 aromatic rings. The van der Waals surface area contributed by atoms with Crippen LogP contribution in [0.15, 0.2) is 15.2 Å². The minimum atomic E-state index is 0.160. The average molecular weight is 206 g/mol. The van der Waals surface area contributed by atoms with Gasteiger partial charge in [0, 0.05) is 6.04 Å². The van der Waals surface area contributed by atoms with Crippen LogP contribution in [0.4, 0.5) is 0 Å². The third-order valence-electron chi connectivity index (χ3n) is 1.11. The molecule has 9 heavy (non-hydrogen) atoms. The molecular weight excluding hydrogens is 198 g/mol. The number of thiophene rings is 1. The van der Waals surface area contributed by atoms with E-state index in [1.165, 1.54) is 5.56 Å². The van der Waals surface area contributed by atoms with Crippen LogP contribution in [-0.4, -0.2) is 0 Å². The lowest BCUT2D eigenvalue weighted by atomic mass is 10.2. The summed E-state index contributed by atoms with van der Waals surface area (Å²) in [6.45, 7) is 1.98. The monoisotopic (exact) mass is 205 g/mol. The van der Waals surface area contributed by atoms with Gasteiger partial charge in [0.25, 0.3) is 0 Å². The molecular formula is C6H8BrNS. The van der Waals surface area contributed by atoms with Gasteiger partial charge >= 0.3 is 0 Å². The van der Waals surface area contributed by atoms with Crippen molar-refractivity contribution in [3.8, 4) is 0 Å². The maximum Gasteiger partial charge on any atom is 0.0701 e. The molecule has 1 heterocycles. The van der Waals surface area contributed by atoms with Crippen LogP contribution in [0.3, 0.4) is 0 Å². The Labute approximate surface area is 67.0 Å². The fourth-order valence-electron chi connectivity index (χ4n) is 0.562. The number of hydrogen-bond donors (Lipinski definition) is 1. The van der Waals surface area contributed by atoms with E-state index in [-0.39, 0.29) is 6.04 Å². The molecule has 3 heteroatoms. The fourth-order valence-corrected chi connectivity index (χ4v) is 1.84. The third-order valence-corrected chi connectivity index (χ3v) is 2.64. The van der Waals surface area contributed by atoms with Crippen LogP contribution in [0.2, 0.25) is 0 Å². The Balaban J connectivity index is 2.85. The van der Waals surface area contributed by atoms with Gasteiger partial charge in [-0.1, -0.05) is 0 Å². The molecule has 0 unspecified atom stereocenters. The van der Waals surface area contributed by atoms with E-state index < -0.39 is 0 Å². The largest absolute Gasteiger partial charge is 0.324 e. The van der Waals surface area contributed by atoms with Crippen molar-refractivity contribution in [2.24, 2.45) is 5.73 Å². The fraction of sp³-hybridized carbons (Fsp3) is 0.333. The second kappa shape index (κ2) is 2.82. The van der Waals surface area contributed by atoms with Gasteiger partial charge in [0.15, 0.2) is 0 Å². The van der Waals surface area contributed by atoms with E-state index in [0.29, 0.717) is 0 Å². The van der Waals surface area contributed by atoms with Crippen molar-refractivity contribution in [1.29, 1.82) is 0 Å². The normalized spacial score (nSPS) is 13.7. The number of rotatable bonds is 1. The standard InChI is InChI=1S/C6H8BrNS/c1-4(8)5-2-6(7)9-3-5/h2-4H,8H2,1H3/t4-/m1/s1. The van der Waals surface area contributed by atoms with Crippen molar-refractivity contribution in [2.45, 2.75) is 13.0 Å². The highest BCUT2D eigenvalue weighted by Crippen LogP contribution is 2.23. The molecule has 0 radical (unpaired) electrons. The Morgan fingerprint density at radius 1 is 1.78 bits per heavy atom. The molecule has 0 saturated carbocycles. The molecule has 0 saturated heterocycles. The zero-order valence-electron chi connectivity index (χ0n) is 5.10. The molecule has 0 fully saturated rings. The topological polar surface area (TPSA) is 26.0 Å². The first-order valence-electron chi connectivity index (χ1n) is 2.69. The first-order chi connectivity index (χ1) is 4.20. The van der Waals surface area contributed by atoms with E-state index in [1.807, 2.05) is 6.92 Å². The number of hydrogen-bond acceptors (Lipinski definition) is 2. The molecule has 50 valence electrons. The zero-order valence-corrected chi connectivity index (χ0v) is 7.50. The van der Waals surface area contributed by atoms with E-state index in [2.05, 4.69) is 27.4 Å². The lowest BCUT2D eigenvalue weighted by Crippen LogP contribution is -2.02. The van der Waals surface area contributed by atoms with Crippen LogP contribution in [0.1, 0.15) is 18.5 Å². The summed E-state index contributed by atoms with van der Waals surface area (Å²) in [7, 11) is 0. The highest BCUT2D eigenvalue weighted by Gasteiger charge is 1.99. The average Bonchev–Trinajstić information content (AvgIpc) is 2.14. The maximum absolute atomic E-state index is 5.61. The zero-order chi connectivity index (χ0) is 6.85. The van der Waals surface area contributed by atoms with E-state index >= 15 is 0 Å². The summed E-state index contributed by atoms with van der Waals surface area (Å²) in [6, 6.07) is 2.21. The Morgan fingerprint density at radius 2 is 2.44 bits per heavy atom. The van der Waals surface area contributed by atoms with E-state index in [0.717, 1.165) is 3.79 Å². The molecule has 1 aromatic heterocycles. The van der Waals surface area contributed by atoms with Crippen molar-refractivity contribution >= 4 is 27.3 Å². The summed E-state index contributed by atoms with van der Waals surface area (Å²) in [5.41, 5.74) is 6.81. The molecule has 1 rings (SSSR count). The molecule has 0 amide bonds. The van der Waals surface area contributed by atoms with Gasteiger partial charge in [-0.15, -0.1) is 11.3 Å². The lowest BCUT2D eigenvalue weighted by Gasteiger charge is -1.97. The Hall–Kier alpha value is 0.140. The minimum Gasteiger partial charge on any atom is -0.324 e. The van der Waals surface area contributed by atoms with Gasteiger partial charge in [-0.3, -0.25) is 0 Å². The number of nitrogens with two attached hydrogens (primary N) is 1. The summed E-state index contributed by atoms with van der Waals surface area (Å²) in [5.74, 6) is 0. The molecule has 0 spiro atoms. The molecule has 0 aliphatic rings. The van der Waals surface area contributed by atoms with Crippen LogP contribution in [0.25, 0.3) is 0 Å². The first-order valence-corrected chi connectivity index (χ1v) is 4.37. The third kappa shape index (κ3) is 1.78. The van der Waals surface area contributed by atoms with E-state index in [9.17, 15) is 0 Å². The number of halogens is 1. The quantitative estimate of drug-likeness (QED) is 0.750. The predicted molar refractivity (Wildman–Crippen MR) is 44.6 cm³/mol. The molecule has 0 aromatic carbocycles. The molecule has 0 aliphatic heterocycles. The van der Waals surface area contributed by atoms with Crippen molar-refractivity contribution in [3.05, 3.63) is 20.8 Å². The molecule has 1 nitrogen and oxygen atoms in total. The summed E-state index contributed by atoms with van der Waals surface area (Å²) in [6.07, 6.45) is 0. The van der Waals surface area contributed by atoms with Crippen molar-refractivity contribution in [3.63, 3.8) is 0 Å². The van der Waals surface area contributed by atoms with Gasteiger partial charge in [0.05, 0.1) is 3.79 Å². The van der Waals surface area contributed by atoms with Gasteiger partial charge in [-0.25, -0.2) is 0 Å². The summed E-state index contributed by atoms with van der Waals surface area (Å²) in [5, 5.41) is 2.06. The molecule has 2 N–H and O–H groups in total. The summed E-state index contributed by atoms with van der Waals surface area (Å²) >= 11 is 5.03. The van der Waals surface area contributed by atoms with E-state index in [4.69, 9.17) is 5.73 Å². The summed E-state index contributed by atoms with van der Waals surface area (Å²) in [4.78, 5) is 0. The Bertz CT molecular complexity index is 195. The molecule has 0 aliphatic carbocycles. The van der Waals surface area contributed by atoms with Crippen LogP contribution >= 0.6 is 27.3 Å². The van der Waals surface area contributed by atoms with Gasteiger partial charge in [0.2, 0.25) is 0 Å². The highest BCUT2D eigenvalue weighted by atomic mass is 79.9. The Kier molecular flexibility index (Phi) is 2.27. The Morgan fingerprint density at radius 3 is 2.67 bits per heavy atom.